The molecule has 0 amide bonds. The van der Waals surface area contributed by atoms with Crippen LogP contribution in [-0.4, -0.2) is 12.6 Å². The van der Waals surface area contributed by atoms with Gasteiger partial charge in [0.15, 0.2) is 0 Å². The Hall–Kier alpha value is -0.660. The fourth-order valence-corrected chi connectivity index (χ4v) is 3.21. The molecule has 3 rings (SSSR count). The van der Waals surface area contributed by atoms with E-state index in [1.807, 2.05) is 0 Å². The second kappa shape index (κ2) is 0.900. The van der Waals surface area contributed by atoms with Crippen LogP contribution >= 0.6 is 0 Å². The molecule has 52 valence electrons. The van der Waals surface area contributed by atoms with Crippen LogP contribution in [0.15, 0.2) is 0 Å². The van der Waals surface area contributed by atoms with Crippen molar-refractivity contribution in [1.82, 2.24) is 0 Å². The molecule has 0 bridgehead atoms. The molecule has 1 spiro atoms. The van der Waals surface area contributed by atoms with Gasteiger partial charge in [0.05, 0.1) is 0 Å². The van der Waals surface area contributed by atoms with Crippen molar-refractivity contribution in [3.05, 3.63) is 0 Å². The van der Waals surface area contributed by atoms with Gasteiger partial charge in [0.2, 0.25) is 0 Å². The van der Waals surface area contributed by atoms with Crippen LogP contribution in [0.2, 0.25) is 0 Å². The Bertz CT molecular complexity index is 232. The molecule has 3 saturated carbocycles. The predicted molar refractivity (Wildman–Crippen MR) is 33.3 cm³/mol. The average molecular weight is 136 g/mol. The van der Waals surface area contributed by atoms with Gasteiger partial charge in [-0.3, -0.25) is 0 Å². The number of carbonyl (C=O) groups excluding carboxylic acids is 2. The minimum atomic E-state index is -0.00604. The van der Waals surface area contributed by atoms with E-state index in [1.54, 1.807) is 0 Å². The molecule has 0 aromatic heterocycles. The Morgan fingerprint density at radius 3 is 1.60 bits per heavy atom. The number of hydrogen-bond donors (Lipinski definition) is 0. The summed E-state index contributed by atoms with van der Waals surface area (Å²) in [5.74, 6) is 0. The lowest BCUT2D eigenvalue weighted by atomic mass is 9.76. The van der Waals surface area contributed by atoms with Crippen molar-refractivity contribution in [2.75, 3.05) is 0 Å². The lowest BCUT2D eigenvalue weighted by molar-refractivity contribution is -0.121. The van der Waals surface area contributed by atoms with Gasteiger partial charge in [-0.1, -0.05) is 0 Å². The van der Waals surface area contributed by atoms with E-state index in [2.05, 4.69) is 0 Å². The van der Waals surface area contributed by atoms with Gasteiger partial charge < -0.3 is 9.59 Å². The lowest BCUT2D eigenvalue weighted by Gasteiger charge is -2.24. The molecule has 0 radical (unpaired) electrons. The normalized spacial score (nSPS) is 66.8. The van der Waals surface area contributed by atoms with E-state index in [9.17, 15) is 9.59 Å². The molecule has 3 aliphatic rings. The smallest absolute Gasteiger partial charge is 0.126 e. The molecule has 0 aromatic carbocycles. The SMILES string of the molecule is O=CC12CC3(C=O)CC13C2. The highest BCUT2D eigenvalue weighted by Gasteiger charge is 2.96. The molecule has 2 atom stereocenters. The Balaban J connectivity index is 2.02. The third-order valence-electron chi connectivity index (χ3n) is 3.97. The maximum Gasteiger partial charge on any atom is 0.126 e. The van der Waals surface area contributed by atoms with Crippen molar-refractivity contribution in [1.29, 1.82) is 0 Å². The average Bonchev–Trinajstić information content (AvgIpc) is 2.72. The zero-order chi connectivity index (χ0) is 7.04. The summed E-state index contributed by atoms with van der Waals surface area (Å²) in [6.07, 6.45) is 5.00. The molecule has 0 saturated heterocycles. The van der Waals surface area contributed by atoms with Gasteiger partial charge in [0.1, 0.15) is 12.6 Å². The first-order chi connectivity index (χ1) is 4.74. The number of rotatable bonds is 2. The number of hydrogen-bond acceptors (Lipinski definition) is 2. The number of carbonyl (C=O) groups is 2. The Labute approximate surface area is 58.6 Å². The maximum absolute atomic E-state index is 10.5. The van der Waals surface area contributed by atoms with E-state index in [-0.39, 0.29) is 16.2 Å². The highest BCUT2D eigenvalue weighted by Crippen LogP contribution is 2.99. The van der Waals surface area contributed by atoms with Gasteiger partial charge in [0.25, 0.3) is 0 Å². The summed E-state index contributed by atoms with van der Waals surface area (Å²) in [6, 6.07) is 0. The summed E-state index contributed by atoms with van der Waals surface area (Å²) in [5.41, 5.74) is 0.200. The topological polar surface area (TPSA) is 34.1 Å². The first-order valence-electron chi connectivity index (χ1n) is 3.67. The summed E-state index contributed by atoms with van der Waals surface area (Å²) >= 11 is 0. The molecule has 2 unspecified atom stereocenters. The summed E-state index contributed by atoms with van der Waals surface area (Å²) in [7, 11) is 0. The molecule has 0 heterocycles. The van der Waals surface area contributed by atoms with E-state index in [4.69, 9.17) is 0 Å². The largest absolute Gasteiger partial charge is 0.303 e. The van der Waals surface area contributed by atoms with Crippen molar-refractivity contribution in [2.45, 2.75) is 19.3 Å². The van der Waals surface area contributed by atoms with E-state index in [0.717, 1.165) is 31.8 Å². The van der Waals surface area contributed by atoms with Crippen LogP contribution in [0.25, 0.3) is 0 Å². The zero-order valence-electron chi connectivity index (χ0n) is 5.59. The molecule has 0 N–H and O–H groups in total. The molecule has 10 heavy (non-hydrogen) atoms. The van der Waals surface area contributed by atoms with E-state index in [1.165, 1.54) is 0 Å². The fourth-order valence-electron chi connectivity index (χ4n) is 3.21. The van der Waals surface area contributed by atoms with E-state index >= 15 is 0 Å². The first kappa shape index (κ1) is 5.05. The highest BCUT2D eigenvalue weighted by molar-refractivity contribution is 5.85. The number of aldehydes is 2. The standard InChI is InChI=1S/C8H8O2/c9-4-6-1-7(5-10)3-8(6,7)2-6/h4-5H,1-3H2. The van der Waals surface area contributed by atoms with Gasteiger partial charge in [-0.15, -0.1) is 0 Å². The Morgan fingerprint density at radius 1 is 0.900 bits per heavy atom. The van der Waals surface area contributed by atoms with E-state index < -0.39 is 0 Å². The Morgan fingerprint density at radius 2 is 1.40 bits per heavy atom. The molecule has 3 fully saturated rings. The summed E-state index contributed by atoms with van der Waals surface area (Å²) in [4.78, 5) is 21.0. The van der Waals surface area contributed by atoms with Crippen molar-refractivity contribution in [2.24, 2.45) is 16.2 Å². The molecule has 0 aromatic rings. The zero-order valence-corrected chi connectivity index (χ0v) is 5.59. The monoisotopic (exact) mass is 136 g/mol. The molecule has 3 aliphatic carbocycles. The van der Waals surface area contributed by atoms with Crippen LogP contribution in [0, 0.1) is 16.2 Å². The van der Waals surface area contributed by atoms with Crippen LogP contribution in [0.4, 0.5) is 0 Å². The van der Waals surface area contributed by atoms with Gasteiger partial charge in [-0.2, -0.15) is 0 Å². The molecule has 2 heteroatoms. The molecule has 2 nitrogen and oxygen atoms in total. The van der Waals surface area contributed by atoms with Gasteiger partial charge in [-0.25, -0.2) is 0 Å². The van der Waals surface area contributed by atoms with Crippen molar-refractivity contribution >= 4 is 12.6 Å². The molecule has 0 aliphatic heterocycles. The second-order valence-electron chi connectivity index (χ2n) is 4.16. The first-order valence-corrected chi connectivity index (χ1v) is 3.67. The Kier molecular flexibility index (Phi) is 0.455. The van der Waals surface area contributed by atoms with Gasteiger partial charge >= 0.3 is 0 Å². The predicted octanol–water partition coefficient (Wildman–Crippen LogP) is 0.554. The van der Waals surface area contributed by atoms with Crippen LogP contribution in [0.3, 0.4) is 0 Å². The van der Waals surface area contributed by atoms with Gasteiger partial charge in [0, 0.05) is 10.8 Å². The van der Waals surface area contributed by atoms with Crippen molar-refractivity contribution in [3.8, 4) is 0 Å². The van der Waals surface area contributed by atoms with Crippen LogP contribution in [0.1, 0.15) is 19.3 Å². The second-order valence-corrected chi connectivity index (χ2v) is 4.16. The summed E-state index contributed by atoms with van der Waals surface area (Å²) < 4.78 is 0. The summed E-state index contributed by atoms with van der Waals surface area (Å²) in [5, 5.41) is 0. The highest BCUT2D eigenvalue weighted by atomic mass is 16.1. The minimum absolute atomic E-state index is 0.00604. The third kappa shape index (κ3) is 0.212. The summed E-state index contributed by atoms with van der Waals surface area (Å²) in [6.45, 7) is 0. The maximum atomic E-state index is 10.5. The van der Waals surface area contributed by atoms with Gasteiger partial charge in [-0.05, 0) is 24.7 Å². The molecular weight excluding hydrogens is 128 g/mol. The fraction of sp³-hybridized carbons (Fsp3) is 0.750. The quantitative estimate of drug-likeness (QED) is 0.519. The minimum Gasteiger partial charge on any atom is -0.303 e. The van der Waals surface area contributed by atoms with Crippen LogP contribution < -0.4 is 0 Å². The lowest BCUT2D eigenvalue weighted by Crippen LogP contribution is -2.28. The molecular formula is C8H8O2. The van der Waals surface area contributed by atoms with Crippen LogP contribution in [0.5, 0.6) is 0 Å². The van der Waals surface area contributed by atoms with Crippen molar-refractivity contribution in [3.63, 3.8) is 0 Å². The third-order valence-corrected chi connectivity index (χ3v) is 3.97. The van der Waals surface area contributed by atoms with E-state index in [0.29, 0.717) is 0 Å². The van der Waals surface area contributed by atoms with Crippen molar-refractivity contribution < 1.29 is 9.59 Å². The van der Waals surface area contributed by atoms with Crippen LogP contribution in [-0.2, 0) is 9.59 Å².